The van der Waals surface area contributed by atoms with Crippen molar-refractivity contribution in [1.29, 1.82) is 0 Å². The molecule has 4 atom stereocenters. The van der Waals surface area contributed by atoms with Crippen LogP contribution in [0.15, 0.2) is 99.6 Å². The highest BCUT2D eigenvalue weighted by Gasteiger charge is 2.85. The van der Waals surface area contributed by atoms with Crippen molar-refractivity contribution in [1.82, 2.24) is 0 Å². The van der Waals surface area contributed by atoms with Gasteiger partial charge in [-0.1, -0.05) is 36.4 Å². The van der Waals surface area contributed by atoms with Gasteiger partial charge < -0.3 is 9.47 Å². The van der Waals surface area contributed by atoms with Crippen LogP contribution in [0.4, 0.5) is 0 Å². The highest BCUT2D eigenvalue weighted by atomic mass is 32.2. The van der Waals surface area contributed by atoms with Crippen LogP contribution in [-0.4, -0.2) is 12.9 Å². The van der Waals surface area contributed by atoms with Crippen LogP contribution in [0.1, 0.15) is 19.3 Å². The molecule has 31 heavy (non-hydrogen) atoms. The Morgan fingerprint density at radius 2 is 1.23 bits per heavy atom. The third kappa shape index (κ3) is 2.51. The quantitative estimate of drug-likeness (QED) is 0.331. The lowest BCUT2D eigenvalue weighted by Gasteiger charge is -2.88. The van der Waals surface area contributed by atoms with E-state index in [0.29, 0.717) is 12.9 Å². The van der Waals surface area contributed by atoms with Crippen LogP contribution in [-0.2, 0) is 15.6 Å². The normalized spacial score (nSPS) is 33.8. The molecule has 0 amide bonds. The van der Waals surface area contributed by atoms with Gasteiger partial charge in [0.15, 0.2) is 21.5 Å². The summed E-state index contributed by atoms with van der Waals surface area (Å²) in [4.78, 5) is 3.97. The molecule has 7 rings (SSSR count). The van der Waals surface area contributed by atoms with Gasteiger partial charge in [0, 0.05) is 0 Å². The zero-order valence-corrected chi connectivity index (χ0v) is 18.3. The second-order valence-electron chi connectivity index (χ2n) is 9.61. The Kier molecular flexibility index (Phi) is 4.07. The minimum atomic E-state index is -0.117. The first kappa shape index (κ1) is 18.4. The molecule has 0 radical (unpaired) electrons. The van der Waals surface area contributed by atoms with Gasteiger partial charge >= 0.3 is 0 Å². The van der Waals surface area contributed by atoms with Crippen molar-refractivity contribution >= 4 is 10.9 Å². The molecule has 4 fully saturated rings. The average molecular weight is 428 g/mol. The van der Waals surface area contributed by atoms with Crippen molar-refractivity contribution in [2.75, 3.05) is 6.79 Å². The molecule has 1 spiro atoms. The van der Waals surface area contributed by atoms with Gasteiger partial charge in [-0.25, -0.2) is 0 Å². The molecule has 3 heteroatoms. The van der Waals surface area contributed by atoms with E-state index < -0.39 is 0 Å². The molecule has 0 aromatic heterocycles. The van der Waals surface area contributed by atoms with Gasteiger partial charge in [-0.15, -0.1) is 0 Å². The Morgan fingerprint density at radius 3 is 1.77 bits per heavy atom. The Morgan fingerprint density at radius 1 is 0.677 bits per heavy atom. The van der Waals surface area contributed by atoms with Gasteiger partial charge in [0.25, 0.3) is 0 Å². The molecular weight excluding hydrogens is 400 g/mol. The van der Waals surface area contributed by atoms with Crippen LogP contribution in [0.3, 0.4) is 0 Å². The predicted octanol–water partition coefficient (Wildman–Crippen LogP) is 6.18. The lowest BCUT2D eigenvalue weighted by atomic mass is 9.17. The first-order valence-corrected chi connectivity index (χ1v) is 12.8. The van der Waals surface area contributed by atoms with Crippen LogP contribution in [0, 0.1) is 29.1 Å². The van der Waals surface area contributed by atoms with Crippen molar-refractivity contribution in [2.45, 2.75) is 40.1 Å². The second kappa shape index (κ2) is 6.88. The molecule has 4 aliphatic carbocycles. The minimum absolute atomic E-state index is 0.117. The number of ether oxygens (including phenoxy) is 2. The molecule has 4 aliphatic rings. The molecule has 2 nitrogen and oxygen atoms in total. The van der Waals surface area contributed by atoms with Gasteiger partial charge in [0.2, 0.25) is 0 Å². The van der Waals surface area contributed by atoms with E-state index in [1.807, 2.05) is 0 Å². The van der Waals surface area contributed by atoms with Crippen LogP contribution < -0.4 is 4.74 Å². The summed E-state index contributed by atoms with van der Waals surface area (Å²) in [5.74, 6) is 4.69. The fourth-order valence-electron chi connectivity index (χ4n) is 7.32. The van der Waals surface area contributed by atoms with Crippen molar-refractivity contribution in [3.05, 3.63) is 84.9 Å². The molecular formula is C28H27O2S+. The highest BCUT2D eigenvalue weighted by Crippen LogP contribution is 2.87. The maximum absolute atomic E-state index is 6.21. The third-order valence-electron chi connectivity index (χ3n) is 8.64. The second-order valence-corrected chi connectivity index (χ2v) is 11.6. The maximum atomic E-state index is 6.21. The van der Waals surface area contributed by atoms with E-state index in [2.05, 4.69) is 84.9 Å². The summed E-state index contributed by atoms with van der Waals surface area (Å²) in [6, 6.07) is 30.1. The monoisotopic (exact) mass is 427 g/mol. The molecule has 156 valence electrons. The van der Waals surface area contributed by atoms with Crippen molar-refractivity contribution in [2.24, 2.45) is 29.1 Å². The smallest absolute Gasteiger partial charge is 0.189 e. The van der Waals surface area contributed by atoms with E-state index in [9.17, 15) is 0 Å². The largest absolute Gasteiger partial charge is 0.468 e. The van der Waals surface area contributed by atoms with Crippen LogP contribution in [0.2, 0.25) is 0 Å². The van der Waals surface area contributed by atoms with Crippen LogP contribution >= 0.6 is 0 Å². The summed E-state index contributed by atoms with van der Waals surface area (Å²) in [6.45, 7) is 0.380. The highest BCUT2D eigenvalue weighted by molar-refractivity contribution is 7.97. The maximum Gasteiger partial charge on any atom is 0.189 e. The predicted molar refractivity (Wildman–Crippen MR) is 122 cm³/mol. The van der Waals surface area contributed by atoms with E-state index in [0.717, 1.165) is 34.8 Å². The lowest BCUT2D eigenvalue weighted by Crippen LogP contribution is -2.85. The fraction of sp³-hybridized carbons (Fsp3) is 0.357. The zero-order chi connectivity index (χ0) is 20.4. The molecule has 4 unspecified atom stereocenters. The zero-order valence-electron chi connectivity index (χ0n) is 17.5. The van der Waals surface area contributed by atoms with Gasteiger partial charge in [0.05, 0.1) is 17.0 Å². The van der Waals surface area contributed by atoms with Gasteiger partial charge in [-0.3, -0.25) is 0 Å². The molecule has 0 saturated heterocycles. The Hall–Kier alpha value is -2.23. The Bertz CT molecular complexity index is 1020. The average Bonchev–Trinajstić information content (AvgIpc) is 2.77. The number of hydrogen-bond acceptors (Lipinski definition) is 2. The topological polar surface area (TPSA) is 18.5 Å². The molecule has 4 saturated carbocycles. The third-order valence-corrected chi connectivity index (χ3v) is 10.9. The van der Waals surface area contributed by atoms with Crippen LogP contribution in [0.5, 0.6) is 5.75 Å². The minimum Gasteiger partial charge on any atom is -0.468 e. The molecule has 0 heterocycles. The summed E-state index contributed by atoms with van der Waals surface area (Å²) < 4.78 is 12.2. The first-order chi connectivity index (χ1) is 15.4. The number of hydrogen-bond donors (Lipinski definition) is 0. The molecule has 3 aromatic rings. The number of benzene rings is 3. The van der Waals surface area contributed by atoms with E-state index in [1.165, 1.54) is 33.9 Å². The van der Waals surface area contributed by atoms with E-state index in [1.54, 1.807) is 0 Å². The lowest BCUT2D eigenvalue weighted by molar-refractivity contribution is -0.430. The summed E-state index contributed by atoms with van der Waals surface area (Å²) in [6.07, 6.45) is 4.80. The molecule has 0 bridgehead atoms. The Balaban J connectivity index is 1.03. The molecule has 0 N–H and O–H groups in total. The number of rotatable bonds is 7. The van der Waals surface area contributed by atoms with Crippen LogP contribution in [0.25, 0.3) is 0 Å². The van der Waals surface area contributed by atoms with Crippen molar-refractivity contribution < 1.29 is 9.47 Å². The van der Waals surface area contributed by atoms with Gasteiger partial charge in [-0.2, -0.15) is 0 Å². The van der Waals surface area contributed by atoms with E-state index in [-0.39, 0.29) is 10.9 Å². The summed E-state index contributed by atoms with van der Waals surface area (Å²) in [5.41, 5.74) is 0.761. The SMILES string of the molecule is c1ccc([S+](c2ccccc2)c2ccc(OCOC3C4CC5CC6CC3C564)cc2)cc1. The fourth-order valence-corrected chi connectivity index (χ4v) is 9.40. The Labute approximate surface area is 186 Å². The van der Waals surface area contributed by atoms with Crippen molar-refractivity contribution in [3.63, 3.8) is 0 Å². The standard InChI is InChI=1S/C28H27O2S/c1-3-7-22(8-4-1)31(23-9-5-2-6-10-23)24-13-11-21(12-14-24)29-18-30-27-25-16-19-15-20-17-26(27)28(19,20)25/h1-14,19-20,25-27H,15-18H2/q+1. The van der Waals surface area contributed by atoms with E-state index in [4.69, 9.17) is 9.47 Å². The summed E-state index contributed by atoms with van der Waals surface area (Å²) in [7, 11) is -0.117. The molecule has 3 aromatic carbocycles. The van der Waals surface area contributed by atoms with Gasteiger partial charge in [0.1, 0.15) is 5.75 Å². The van der Waals surface area contributed by atoms with Crippen molar-refractivity contribution in [3.8, 4) is 5.75 Å². The molecule has 0 aliphatic heterocycles. The van der Waals surface area contributed by atoms with E-state index >= 15 is 0 Å². The van der Waals surface area contributed by atoms with Gasteiger partial charge in [-0.05, 0) is 96.9 Å². The summed E-state index contributed by atoms with van der Waals surface area (Å²) >= 11 is 0. The first-order valence-electron chi connectivity index (χ1n) is 11.5. The summed E-state index contributed by atoms with van der Waals surface area (Å²) in [5, 5.41) is 0.